The van der Waals surface area contributed by atoms with Crippen LogP contribution in [0.15, 0.2) is 30.1 Å². The Kier molecular flexibility index (Phi) is 6.71. The van der Waals surface area contributed by atoms with E-state index in [1.165, 1.54) is 43.9 Å². The highest BCUT2D eigenvalue weighted by Gasteiger charge is 2.23. The lowest BCUT2D eigenvalue weighted by atomic mass is 9.89. The number of nitrogens with one attached hydrogen (secondary N) is 1. The first-order valence-electron chi connectivity index (χ1n) is 9.60. The van der Waals surface area contributed by atoms with Gasteiger partial charge in [-0.05, 0) is 26.7 Å². The van der Waals surface area contributed by atoms with Gasteiger partial charge in [0.1, 0.15) is 11.6 Å². The third kappa shape index (κ3) is 4.80. The summed E-state index contributed by atoms with van der Waals surface area (Å²) in [5.74, 6) is 2.43. The van der Waals surface area contributed by atoms with E-state index in [2.05, 4.69) is 31.8 Å². The zero-order valence-corrected chi connectivity index (χ0v) is 16.9. The van der Waals surface area contributed by atoms with Gasteiger partial charge in [0.05, 0.1) is 11.9 Å². The molecule has 27 heavy (non-hydrogen) atoms. The van der Waals surface area contributed by atoms with Crippen molar-refractivity contribution in [3.8, 4) is 0 Å². The second kappa shape index (κ2) is 9.21. The Hall–Kier alpha value is -2.09. The number of hydrogen-bond donors (Lipinski definition) is 1. The zero-order valence-electron chi connectivity index (χ0n) is 16.1. The molecule has 1 aliphatic rings. The Bertz CT molecular complexity index is 775. The van der Waals surface area contributed by atoms with Crippen LogP contribution in [-0.2, 0) is 11.3 Å². The lowest BCUT2D eigenvalue weighted by molar-refractivity contribution is -0.113. The minimum atomic E-state index is -0.0743. The molecule has 0 aliphatic heterocycles. The van der Waals surface area contributed by atoms with Crippen molar-refractivity contribution in [2.24, 2.45) is 0 Å². The van der Waals surface area contributed by atoms with Crippen molar-refractivity contribution < 1.29 is 4.79 Å². The lowest BCUT2D eigenvalue weighted by Gasteiger charge is -2.21. The van der Waals surface area contributed by atoms with Gasteiger partial charge in [-0.2, -0.15) is 5.10 Å². The van der Waals surface area contributed by atoms with Crippen LogP contribution < -0.4 is 5.32 Å². The van der Waals surface area contributed by atoms with Gasteiger partial charge in [0.15, 0.2) is 5.16 Å². The molecule has 7 nitrogen and oxygen atoms in total. The SMILES string of the molecule is C=CCn1c(SCC(=O)Nc2ccnn2C(C)C)nnc1C1CCCCC1. The summed E-state index contributed by atoms with van der Waals surface area (Å²) in [6.45, 7) is 8.59. The monoisotopic (exact) mass is 388 g/mol. The quantitative estimate of drug-likeness (QED) is 0.546. The number of nitrogens with zero attached hydrogens (tertiary/aromatic N) is 5. The summed E-state index contributed by atoms with van der Waals surface area (Å²) in [6, 6.07) is 2.00. The van der Waals surface area contributed by atoms with Gasteiger partial charge in [0.25, 0.3) is 0 Å². The smallest absolute Gasteiger partial charge is 0.235 e. The molecule has 0 unspecified atom stereocenters. The fraction of sp³-hybridized carbons (Fsp3) is 0.579. The Labute approximate surface area is 164 Å². The first-order chi connectivity index (χ1) is 13.1. The second-order valence-corrected chi connectivity index (χ2v) is 8.11. The molecule has 0 atom stereocenters. The van der Waals surface area contributed by atoms with Gasteiger partial charge < -0.3 is 9.88 Å². The molecule has 2 heterocycles. The van der Waals surface area contributed by atoms with E-state index >= 15 is 0 Å². The van der Waals surface area contributed by atoms with Crippen molar-refractivity contribution in [3.63, 3.8) is 0 Å². The van der Waals surface area contributed by atoms with Gasteiger partial charge in [-0.1, -0.05) is 37.1 Å². The molecule has 146 valence electrons. The third-order valence-corrected chi connectivity index (χ3v) is 5.75. The number of hydrogen-bond acceptors (Lipinski definition) is 5. The minimum Gasteiger partial charge on any atom is -0.310 e. The maximum absolute atomic E-state index is 12.4. The van der Waals surface area contributed by atoms with Gasteiger partial charge in [-0.15, -0.1) is 16.8 Å². The van der Waals surface area contributed by atoms with E-state index in [4.69, 9.17) is 0 Å². The predicted molar refractivity (Wildman–Crippen MR) is 108 cm³/mol. The van der Waals surface area contributed by atoms with Crippen molar-refractivity contribution in [2.75, 3.05) is 11.1 Å². The van der Waals surface area contributed by atoms with Crippen molar-refractivity contribution in [2.45, 2.75) is 69.6 Å². The summed E-state index contributed by atoms with van der Waals surface area (Å²) in [6.07, 6.45) is 9.70. The number of amides is 1. The normalized spacial score (nSPS) is 15.2. The maximum atomic E-state index is 12.4. The molecule has 0 spiro atoms. The predicted octanol–water partition coefficient (Wildman–Crippen LogP) is 4.02. The van der Waals surface area contributed by atoms with Crippen LogP contribution in [0.1, 0.15) is 63.7 Å². The number of thioether (sulfide) groups is 1. The number of aromatic nitrogens is 5. The summed E-state index contributed by atoms with van der Waals surface area (Å²) in [7, 11) is 0. The molecule has 1 amide bonds. The molecule has 1 aliphatic carbocycles. The second-order valence-electron chi connectivity index (χ2n) is 7.17. The highest BCUT2D eigenvalue weighted by atomic mass is 32.2. The summed E-state index contributed by atoms with van der Waals surface area (Å²) < 4.78 is 3.91. The molecule has 0 bridgehead atoms. The van der Waals surface area contributed by atoms with Crippen LogP contribution in [0, 0.1) is 0 Å². The number of rotatable bonds is 8. The molecule has 1 fully saturated rings. The summed E-state index contributed by atoms with van der Waals surface area (Å²) in [5.41, 5.74) is 0. The largest absolute Gasteiger partial charge is 0.310 e. The maximum Gasteiger partial charge on any atom is 0.235 e. The fourth-order valence-electron chi connectivity index (χ4n) is 3.50. The van der Waals surface area contributed by atoms with Crippen molar-refractivity contribution in [1.82, 2.24) is 24.5 Å². The van der Waals surface area contributed by atoms with Crippen LogP contribution in [0.5, 0.6) is 0 Å². The Balaban J connectivity index is 1.64. The van der Waals surface area contributed by atoms with Crippen LogP contribution in [0.25, 0.3) is 0 Å². The van der Waals surface area contributed by atoms with E-state index in [1.54, 1.807) is 10.9 Å². The Morgan fingerprint density at radius 1 is 1.37 bits per heavy atom. The molecule has 0 radical (unpaired) electrons. The highest BCUT2D eigenvalue weighted by molar-refractivity contribution is 7.99. The molecule has 2 aromatic rings. The molecule has 1 saturated carbocycles. The van der Waals surface area contributed by atoms with E-state index < -0.39 is 0 Å². The average molecular weight is 389 g/mol. The van der Waals surface area contributed by atoms with E-state index in [-0.39, 0.29) is 17.7 Å². The van der Waals surface area contributed by atoms with Gasteiger partial charge >= 0.3 is 0 Å². The fourth-order valence-corrected chi connectivity index (χ4v) is 4.26. The molecule has 2 aromatic heterocycles. The Morgan fingerprint density at radius 3 is 2.85 bits per heavy atom. The zero-order chi connectivity index (χ0) is 19.2. The van der Waals surface area contributed by atoms with Crippen LogP contribution in [0.3, 0.4) is 0 Å². The van der Waals surface area contributed by atoms with Gasteiger partial charge in [-0.25, -0.2) is 4.68 Å². The van der Waals surface area contributed by atoms with Gasteiger partial charge in [-0.3, -0.25) is 4.79 Å². The number of allylic oxidation sites excluding steroid dienone is 1. The molecule has 0 aromatic carbocycles. The van der Waals surface area contributed by atoms with Crippen molar-refractivity contribution in [3.05, 3.63) is 30.7 Å². The summed E-state index contributed by atoms with van der Waals surface area (Å²) in [5, 5.41) is 16.7. The van der Waals surface area contributed by atoms with Gasteiger partial charge in [0.2, 0.25) is 5.91 Å². The van der Waals surface area contributed by atoms with E-state index in [1.807, 2.05) is 26.0 Å². The lowest BCUT2D eigenvalue weighted by Crippen LogP contribution is -2.18. The van der Waals surface area contributed by atoms with Gasteiger partial charge in [0, 0.05) is 24.6 Å². The average Bonchev–Trinajstić information content (AvgIpc) is 3.28. The first-order valence-corrected chi connectivity index (χ1v) is 10.6. The van der Waals surface area contributed by atoms with Crippen molar-refractivity contribution in [1.29, 1.82) is 0 Å². The van der Waals surface area contributed by atoms with Crippen molar-refractivity contribution >= 4 is 23.5 Å². The third-order valence-electron chi connectivity index (χ3n) is 4.79. The van der Waals surface area contributed by atoms with E-state index in [9.17, 15) is 4.79 Å². The molecule has 3 rings (SSSR count). The summed E-state index contributed by atoms with van der Waals surface area (Å²) in [4.78, 5) is 12.4. The number of anilines is 1. The molecule has 1 N–H and O–H groups in total. The van der Waals surface area contributed by atoms with Crippen LogP contribution in [0.2, 0.25) is 0 Å². The minimum absolute atomic E-state index is 0.0743. The van der Waals surface area contributed by atoms with E-state index in [0.717, 1.165) is 11.0 Å². The van der Waals surface area contributed by atoms with Crippen LogP contribution >= 0.6 is 11.8 Å². The Morgan fingerprint density at radius 2 is 2.15 bits per heavy atom. The molecule has 0 saturated heterocycles. The summed E-state index contributed by atoms with van der Waals surface area (Å²) >= 11 is 1.42. The first kappa shape index (κ1) is 19.7. The number of carbonyl (C=O) groups excluding carboxylic acids is 1. The highest BCUT2D eigenvalue weighted by Crippen LogP contribution is 2.33. The van der Waals surface area contributed by atoms with Crippen LogP contribution in [-0.4, -0.2) is 36.2 Å². The topological polar surface area (TPSA) is 77.6 Å². The molecular formula is C19H28N6OS. The standard InChI is InChI=1S/C19H28N6OS/c1-4-12-24-18(15-8-6-5-7-9-15)22-23-19(24)27-13-17(26)21-16-10-11-20-25(16)14(2)3/h4,10-11,14-15H,1,5-9,12-13H2,2-3H3,(H,21,26). The van der Waals surface area contributed by atoms with Crippen LogP contribution in [0.4, 0.5) is 5.82 Å². The molecular weight excluding hydrogens is 360 g/mol. The molecule has 8 heteroatoms. The van der Waals surface area contributed by atoms with E-state index in [0.29, 0.717) is 18.3 Å². The number of carbonyl (C=O) groups is 1.